The van der Waals surface area contributed by atoms with Crippen molar-refractivity contribution in [3.8, 4) is 5.88 Å². The molecule has 0 aliphatic carbocycles. The summed E-state index contributed by atoms with van der Waals surface area (Å²) in [5, 5.41) is 4.77. The largest absolute Gasteiger partial charge is 0.474 e. The van der Waals surface area contributed by atoms with E-state index < -0.39 is 15.4 Å². The summed E-state index contributed by atoms with van der Waals surface area (Å²) >= 11 is 0. The van der Waals surface area contributed by atoms with Gasteiger partial charge in [-0.05, 0) is 62.3 Å². The van der Waals surface area contributed by atoms with Gasteiger partial charge in [0.05, 0.1) is 22.4 Å². The van der Waals surface area contributed by atoms with Gasteiger partial charge in [0, 0.05) is 30.1 Å². The number of carbonyl (C=O) groups is 1. The quantitative estimate of drug-likeness (QED) is 0.340. The Hall–Kier alpha value is -3.31. The number of hydrogen-bond donors (Lipinski definition) is 2. The number of aromatic nitrogens is 3. The van der Waals surface area contributed by atoms with Crippen LogP contribution >= 0.6 is 0 Å². The zero-order chi connectivity index (χ0) is 28.5. The number of esters is 1. The maximum Gasteiger partial charge on any atom is 0.340 e. The molecule has 39 heavy (non-hydrogen) atoms. The van der Waals surface area contributed by atoms with E-state index in [-0.39, 0.29) is 29.8 Å². The standard InChI is InChI=1S/C28H37N5O5S/c1-7-18(11-12-39(6,35)36)38-26-21-14-30-24(13-20(21)22(15-31-26)28(5,29)8-2)32-23-10-9-19-25(33-23)16(3)17(4)37-27(19)34/h9-10,13-18H,7-8,11-12,29H2,1-6H3,(H,30,32,33)/t16-,17-,18-,28+/m0/s1. The predicted molar refractivity (Wildman–Crippen MR) is 151 cm³/mol. The average molecular weight is 556 g/mol. The Morgan fingerprint density at radius 3 is 2.56 bits per heavy atom. The van der Waals surface area contributed by atoms with Crippen LogP contribution in [0.4, 0.5) is 11.6 Å². The minimum atomic E-state index is -3.11. The van der Waals surface area contributed by atoms with Crippen LogP contribution < -0.4 is 15.8 Å². The monoisotopic (exact) mass is 555 g/mol. The lowest BCUT2D eigenvalue weighted by Gasteiger charge is -2.27. The maximum atomic E-state index is 12.3. The number of cyclic esters (lactones) is 1. The zero-order valence-corrected chi connectivity index (χ0v) is 24.1. The minimum Gasteiger partial charge on any atom is -0.474 e. The highest BCUT2D eigenvalue weighted by Crippen LogP contribution is 2.35. The third kappa shape index (κ3) is 6.30. The van der Waals surface area contributed by atoms with Gasteiger partial charge in [0.2, 0.25) is 5.88 Å². The first-order chi connectivity index (χ1) is 18.3. The second-order valence-electron chi connectivity index (χ2n) is 10.6. The molecule has 0 amide bonds. The van der Waals surface area contributed by atoms with Crippen molar-refractivity contribution in [3.05, 3.63) is 47.4 Å². The van der Waals surface area contributed by atoms with Crippen LogP contribution in [0.5, 0.6) is 5.88 Å². The van der Waals surface area contributed by atoms with Crippen LogP contribution in [0.15, 0.2) is 30.6 Å². The van der Waals surface area contributed by atoms with Crippen molar-refractivity contribution in [2.45, 2.75) is 77.5 Å². The molecular formula is C28H37N5O5S. The Bertz CT molecular complexity index is 1490. The Morgan fingerprint density at radius 1 is 1.15 bits per heavy atom. The van der Waals surface area contributed by atoms with Gasteiger partial charge in [0.1, 0.15) is 33.7 Å². The molecule has 3 N–H and O–H groups in total. The number of nitrogens with zero attached hydrogens (tertiary/aromatic N) is 3. The Kier molecular flexibility index (Phi) is 8.13. The van der Waals surface area contributed by atoms with Crippen LogP contribution in [0.2, 0.25) is 0 Å². The second kappa shape index (κ2) is 11.1. The molecule has 0 radical (unpaired) electrons. The van der Waals surface area contributed by atoms with Crippen molar-refractivity contribution in [1.29, 1.82) is 0 Å². The highest BCUT2D eigenvalue weighted by Gasteiger charge is 2.31. The molecule has 1 aliphatic heterocycles. The van der Waals surface area contributed by atoms with Crippen LogP contribution in [-0.2, 0) is 20.1 Å². The lowest BCUT2D eigenvalue weighted by atomic mass is 9.88. The fraction of sp³-hybridized carbons (Fsp3) is 0.500. The maximum absolute atomic E-state index is 12.3. The average Bonchev–Trinajstić information content (AvgIpc) is 2.88. The van der Waals surface area contributed by atoms with Crippen molar-refractivity contribution in [1.82, 2.24) is 15.0 Å². The van der Waals surface area contributed by atoms with Crippen LogP contribution in [0, 0.1) is 0 Å². The third-order valence-electron chi connectivity index (χ3n) is 7.46. The summed E-state index contributed by atoms with van der Waals surface area (Å²) in [5.41, 5.74) is 7.99. The van der Waals surface area contributed by atoms with E-state index in [2.05, 4.69) is 15.3 Å². The fourth-order valence-electron chi connectivity index (χ4n) is 4.52. The molecule has 0 saturated heterocycles. The van der Waals surface area contributed by atoms with E-state index in [0.29, 0.717) is 53.4 Å². The molecule has 11 heteroatoms. The van der Waals surface area contributed by atoms with Gasteiger partial charge in [-0.2, -0.15) is 0 Å². The van der Waals surface area contributed by atoms with Gasteiger partial charge in [0.15, 0.2) is 0 Å². The van der Waals surface area contributed by atoms with Gasteiger partial charge in [0.25, 0.3) is 0 Å². The molecule has 3 aromatic heterocycles. The number of nitrogens with one attached hydrogen (secondary N) is 1. The van der Waals surface area contributed by atoms with Gasteiger partial charge in [-0.25, -0.2) is 28.2 Å². The van der Waals surface area contributed by atoms with Crippen molar-refractivity contribution < 1.29 is 22.7 Å². The number of hydrogen-bond acceptors (Lipinski definition) is 10. The number of sulfone groups is 1. The smallest absolute Gasteiger partial charge is 0.340 e. The molecule has 0 aromatic carbocycles. The molecule has 4 atom stereocenters. The predicted octanol–water partition coefficient (Wildman–Crippen LogP) is 4.61. The lowest BCUT2D eigenvalue weighted by Crippen LogP contribution is -2.32. The highest BCUT2D eigenvalue weighted by molar-refractivity contribution is 7.90. The van der Waals surface area contributed by atoms with E-state index in [1.165, 1.54) is 6.26 Å². The molecular weight excluding hydrogens is 518 g/mol. The van der Waals surface area contributed by atoms with E-state index in [1.807, 2.05) is 40.7 Å². The molecule has 10 nitrogen and oxygen atoms in total. The van der Waals surface area contributed by atoms with Gasteiger partial charge >= 0.3 is 5.97 Å². The second-order valence-corrected chi connectivity index (χ2v) is 12.8. The summed E-state index contributed by atoms with van der Waals surface area (Å²) in [6.45, 7) is 9.75. The molecule has 3 aromatic rings. The van der Waals surface area contributed by atoms with E-state index in [1.54, 1.807) is 24.5 Å². The third-order valence-corrected chi connectivity index (χ3v) is 8.44. The molecule has 210 valence electrons. The van der Waals surface area contributed by atoms with Gasteiger partial charge < -0.3 is 20.5 Å². The first-order valence-corrected chi connectivity index (χ1v) is 15.3. The Labute approximate surface area is 229 Å². The Morgan fingerprint density at radius 2 is 1.90 bits per heavy atom. The fourth-order valence-corrected chi connectivity index (χ4v) is 5.21. The summed E-state index contributed by atoms with van der Waals surface area (Å²) in [4.78, 5) is 26.1. The summed E-state index contributed by atoms with van der Waals surface area (Å²) in [7, 11) is -3.11. The molecule has 4 heterocycles. The number of ether oxygens (including phenoxy) is 2. The number of fused-ring (bicyclic) bond motifs is 2. The topological polar surface area (TPSA) is 146 Å². The van der Waals surface area contributed by atoms with E-state index >= 15 is 0 Å². The van der Waals surface area contributed by atoms with Crippen molar-refractivity contribution in [2.24, 2.45) is 5.73 Å². The van der Waals surface area contributed by atoms with Crippen molar-refractivity contribution in [2.75, 3.05) is 17.3 Å². The first kappa shape index (κ1) is 28.7. The number of carbonyl (C=O) groups excluding carboxylic acids is 1. The summed E-state index contributed by atoms with van der Waals surface area (Å²) in [6.07, 6.45) is 5.72. The van der Waals surface area contributed by atoms with Crippen LogP contribution in [0.25, 0.3) is 10.8 Å². The SMILES string of the molecule is CC[C@@H](CCS(C)(=O)=O)Oc1ncc([C@](C)(N)CC)c2cc(Nc3ccc4c(n3)[C@@H](C)[C@H](C)OC4=O)ncc12. The highest BCUT2D eigenvalue weighted by atomic mass is 32.2. The van der Waals surface area contributed by atoms with Gasteiger partial charge in [-0.1, -0.05) is 20.8 Å². The Balaban J connectivity index is 1.71. The van der Waals surface area contributed by atoms with E-state index in [9.17, 15) is 13.2 Å². The number of nitrogens with two attached hydrogens (primary N) is 1. The summed E-state index contributed by atoms with van der Waals surface area (Å²) < 4.78 is 35.0. The molecule has 1 aliphatic rings. The molecule has 0 fully saturated rings. The summed E-state index contributed by atoms with van der Waals surface area (Å²) in [6, 6.07) is 5.33. The van der Waals surface area contributed by atoms with E-state index in [4.69, 9.17) is 20.2 Å². The summed E-state index contributed by atoms with van der Waals surface area (Å²) in [5.74, 6) is 1.11. The van der Waals surface area contributed by atoms with Gasteiger partial charge in [-0.3, -0.25) is 0 Å². The number of anilines is 2. The molecule has 0 unspecified atom stereocenters. The van der Waals surface area contributed by atoms with Crippen LogP contribution in [0.1, 0.15) is 81.4 Å². The van der Waals surface area contributed by atoms with Crippen LogP contribution in [-0.4, -0.2) is 53.6 Å². The van der Waals surface area contributed by atoms with Crippen molar-refractivity contribution >= 4 is 38.2 Å². The number of rotatable bonds is 10. The normalized spacial score (nSPS) is 19.6. The zero-order valence-electron chi connectivity index (χ0n) is 23.3. The van der Waals surface area contributed by atoms with Crippen LogP contribution in [0.3, 0.4) is 0 Å². The molecule has 0 bridgehead atoms. The first-order valence-electron chi connectivity index (χ1n) is 13.2. The van der Waals surface area contributed by atoms with E-state index in [0.717, 1.165) is 10.9 Å². The van der Waals surface area contributed by atoms with Gasteiger partial charge in [-0.15, -0.1) is 0 Å². The minimum absolute atomic E-state index is 0.0352. The molecule has 4 rings (SSSR count). The molecule has 0 saturated carbocycles. The number of pyridine rings is 3. The van der Waals surface area contributed by atoms with Crippen molar-refractivity contribution in [3.63, 3.8) is 0 Å². The lowest BCUT2D eigenvalue weighted by molar-refractivity contribution is 0.0235. The molecule has 0 spiro atoms.